The minimum absolute atomic E-state index is 1.05. The SMILES string of the molecule is CCC1CCC2CNCC12. The second kappa shape index (κ2) is 2.54. The maximum absolute atomic E-state index is 3.49. The third kappa shape index (κ3) is 0.878. The predicted molar refractivity (Wildman–Crippen MR) is 42.9 cm³/mol. The van der Waals surface area contributed by atoms with Crippen molar-refractivity contribution in [2.75, 3.05) is 13.1 Å². The van der Waals surface area contributed by atoms with Gasteiger partial charge in [0.05, 0.1) is 0 Å². The summed E-state index contributed by atoms with van der Waals surface area (Å²) in [6.07, 6.45) is 4.41. The molecule has 2 rings (SSSR count). The number of fused-ring (bicyclic) bond motifs is 1. The third-order valence-corrected chi connectivity index (χ3v) is 3.43. The molecule has 3 unspecified atom stereocenters. The van der Waals surface area contributed by atoms with Gasteiger partial charge in [0, 0.05) is 0 Å². The van der Waals surface area contributed by atoms with E-state index in [-0.39, 0.29) is 0 Å². The van der Waals surface area contributed by atoms with Gasteiger partial charge in [-0.2, -0.15) is 0 Å². The highest BCUT2D eigenvalue weighted by molar-refractivity contribution is 4.90. The number of nitrogens with one attached hydrogen (secondary N) is 1. The molecule has 2 aliphatic rings. The molecule has 58 valence electrons. The molecular formula is C9H17N. The van der Waals surface area contributed by atoms with Crippen molar-refractivity contribution >= 4 is 0 Å². The zero-order valence-corrected chi connectivity index (χ0v) is 6.77. The summed E-state index contributed by atoms with van der Waals surface area (Å²) >= 11 is 0. The topological polar surface area (TPSA) is 12.0 Å². The number of hydrogen-bond donors (Lipinski definition) is 1. The molecule has 1 aliphatic heterocycles. The Bertz CT molecular complexity index is 122. The first-order valence-electron chi connectivity index (χ1n) is 4.62. The highest BCUT2D eigenvalue weighted by Gasteiger charge is 2.37. The smallest absolute Gasteiger partial charge is 0.00146 e. The van der Waals surface area contributed by atoms with Crippen molar-refractivity contribution in [3.63, 3.8) is 0 Å². The molecule has 0 radical (unpaired) electrons. The largest absolute Gasteiger partial charge is 0.316 e. The Hall–Kier alpha value is -0.0400. The minimum atomic E-state index is 1.05. The lowest BCUT2D eigenvalue weighted by Crippen LogP contribution is -2.14. The second-order valence-electron chi connectivity index (χ2n) is 3.83. The molecular weight excluding hydrogens is 122 g/mol. The van der Waals surface area contributed by atoms with Gasteiger partial charge in [-0.05, 0) is 43.7 Å². The van der Waals surface area contributed by atoms with Gasteiger partial charge in [0.25, 0.3) is 0 Å². The Morgan fingerprint density at radius 2 is 2.20 bits per heavy atom. The van der Waals surface area contributed by atoms with Crippen molar-refractivity contribution < 1.29 is 0 Å². The molecule has 1 heterocycles. The van der Waals surface area contributed by atoms with Crippen LogP contribution in [0.3, 0.4) is 0 Å². The average Bonchev–Trinajstić information content (AvgIpc) is 2.44. The van der Waals surface area contributed by atoms with Crippen LogP contribution in [0.5, 0.6) is 0 Å². The van der Waals surface area contributed by atoms with Crippen molar-refractivity contribution in [3.05, 3.63) is 0 Å². The summed E-state index contributed by atoms with van der Waals surface area (Å²) < 4.78 is 0. The van der Waals surface area contributed by atoms with E-state index in [1.165, 1.54) is 32.4 Å². The lowest BCUT2D eigenvalue weighted by molar-refractivity contribution is 0.367. The van der Waals surface area contributed by atoms with Crippen molar-refractivity contribution in [1.82, 2.24) is 5.32 Å². The van der Waals surface area contributed by atoms with E-state index in [1.807, 2.05) is 0 Å². The van der Waals surface area contributed by atoms with Gasteiger partial charge in [0.15, 0.2) is 0 Å². The van der Waals surface area contributed by atoms with Crippen LogP contribution in [0.15, 0.2) is 0 Å². The van der Waals surface area contributed by atoms with Gasteiger partial charge in [0.2, 0.25) is 0 Å². The second-order valence-corrected chi connectivity index (χ2v) is 3.83. The first-order valence-corrected chi connectivity index (χ1v) is 4.62. The molecule has 1 nitrogen and oxygen atoms in total. The number of rotatable bonds is 1. The Morgan fingerprint density at radius 3 is 3.00 bits per heavy atom. The molecule has 3 atom stereocenters. The fourth-order valence-corrected chi connectivity index (χ4v) is 2.77. The van der Waals surface area contributed by atoms with Crippen LogP contribution in [0.25, 0.3) is 0 Å². The summed E-state index contributed by atoms with van der Waals surface area (Å²) in [4.78, 5) is 0. The van der Waals surface area contributed by atoms with Crippen molar-refractivity contribution in [2.45, 2.75) is 26.2 Å². The molecule has 1 saturated heterocycles. The molecule has 1 N–H and O–H groups in total. The van der Waals surface area contributed by atoms with E-state index in [1.54, 1.807) is 0 Å². The Morgan fingerprint density at radius 1 is 1.30 bits per heavy atom. The molecule has 1 heteroatoms. The summed E-state index contributed by atoms with van der Waals surface area (Å²) in [5, 5.41) is 3.49. The van der Waals surface area contributed by atoms with E-state index in [0.29, 0.717) is 0 Å². The number of hydrogen-bond acceptors (Lipinski definition) is 1. The first kappa shape index (κ1) is 6.66. The van der Waals surface area contributed by atoms with Gasteiger partial charge in [-0.25, -0.2) is 0 Å². The average molecular weight is 139 g/mol. The molecule has 0 amide bonds. The van der Waals surface area contributed by atoms with Crippen molar-refractivity contribution in [3.8, 4) is 0 Å². The Kier molecular flexibility index (Phi) is 1.69. The molecule has 0 aromatic carbocycles. The van der Waals surface area contributed by atoms with Crippen LogP contribution < -0.4 is 5.32 Å². The summed E-state index contributed by atoms with van der Waals surface area (Å²) in [5.41, 5.74) is 0. The van der Waals surface area contributed by atoms with Gasteiger partial charge in [-0.15, -0.1) is 0 Å². The van der Waals surface area contributed by atoms with Crippen LogP contribution in [0.2, 0.25) is 0 Å². The highest BCUT2D eigenvalue weighted by atomic mass is 14.9. The van der Waals surface area contributed by atoms with Gasteiger partial charge in [0.1, 0.15) is 0 Å². The molecule has 0 spiro atoms. The summed E-state index contributed by atoms with van der Waals surface area (Å²) in [6.45, 7) is 4.95. The molecule has 0 bridgehead atoms. The highest BCUT2D eigenvalue weighted by Crippen LogP contribution is 2.40. The van der Waals surface area contributed by atoms with Crippen LogP contribution in [0.4, 0.5) is 0 Å². The van der Waals surface area contributed by atoms with Crippen LogP contribution in [0, 0.1) is 17.8 Å². The van der Waals surface area contributed by atoms with Crippen LogP contribution in [0.1, 0.15) is 26.2 Å². The monoisotopic (exact) mass is 139 g/mol. The van der Waals surface area contributed by atoms with E-state index in [0.717, 1.165) is 17.8 Å². The molecule has 2 fully saturated rings. The van der Waals surface area contributed by atoms with Crippen molar-refractivity contribution in [2.24, 2.45) is 17.8 Å². The molecule has 10 heavy (non-hydrogen) atoms. The standard InChI is InChI=1S/C9H17N/c1-2-7-3-4-8-5-10-6-9(7)8/h7-10H,2-6H2,1H3. The zero-order valence-electron chi connectivity index (χ0n) is 6.77. The zero-order chi connectivity index (χ0) is 6.97. The van der Waals surface area contributed by atoms with Gasteiger partial charge in [-0.3, -0.25) is 0 Å². The van der Waals surface area contributed by atoms with Crippen molar-refractivity contribution in [1.29, 1.82) is 0 Å². The van der Waals surface area contributed by atoms with E-state index in [2.05, 4.69) is 12.2 Å². The first-order chi connectivity index (χ1) is 4.92. The van der Waals surface area contributed by atoms with Crippen LogP contribution >= 0.6 is 0 Å². The fraction of sp³-hybridized carbons (Fsp3) is 1.00. The third-order valence-electron chi connectivity index (χ3n) is 3.43. The van der Waals surface area contributed by atoms with E-state index >= 15 is 0 Å². The van der Waals surface area contributed by atoms with E-state index in [4.69, 9.17) is 0 Å². The van der Waals surface area contributed by atoms with E-state index in [9.17, 15) is 0 Å². The maximum atomic E-state index is 3.49. The quantitative estimate of drug-likeness (QED) is 0.582. The predicted octanol–water partition coefficient (Wildman–Crippen LogP) is 1.64. The summed E-state index contributed by atoms with van der Waals surface area (Å²) in [5.74, 6) is 3.15. The molecule has 0 aromatic rings. The summed E-state index contributed by atoms with van der Waals surface area (Å²) in [7, 11) is 0. The summed E-state index contributed by atoms with van der Waals surface area (Å²) in [6, 6.07) is 0. The molecule has 0 aromatic heterocycles. The van der Waals surface area contributed by atoms with Gasteiger partial charge in [-0.1, -0.05) is 13.3 Å². The lowest BCUT2D eigenvalue weighted by Gasteiger charge is -2.14. The lowest BCUT2D eigenvalue weighted by atomic mass is 9.91. The molecule has 1 aliphatic carbocycles. The van der Waals surface area contributed by atoms with E-state index < -0.39 is 0 Å². The normalized spacial score (nSPS) is 45.9. The van der Waals surface area contributed by atoms with Gasteiger partial charge >= 0.3 is 0 Å². The molecule has 1 saturated carbocycles. The Labute approximate surface area is 63.2 Å². The Balaban J connectivity index is 2.01. The minimum Gasteiger partial charge on any atom is -0.316 e. The van der Waals surface area contributed by atoms with Crippen LogP contribution in [-0.2, 0) is 0 Å². The van der Waals surface area contributed by atoms with Crippen LogP contribution in [-0.4, -0.2) is 13.1 Å². The fourth-order valence-electron chi connectivity index (χ4n) is 2.77. The maximum Gasteiger partial charge on any atom is -0.00146 e. The van der Waals surface area contributed by atoms with Gasteiger partial charge < -0.3 is 5.32 Å².